The maximum Gasteiger partial charge on any atom is 0.0702 e. The Hall–Kier alpha value is -5.10. The van der Waals surface area contributed by atoms with Gasteiger partial charge in [0.25, 0.3) is 0 Å². The first-order valence-electron chi connectivity index (χ1n) is 18.8. The van der Waals surface area contributed by atoms with E-state index in [-0.39, 0.29) is 0 Å². The number of rotatable bonds is 6. The van der Waals surface area contributed by atoms with Gasteiger partial charge < -0.3 is 9.98 Å². The summed E-state index contributed by atoms with van der Waals surface area (Å²) in [4.78, 5) is 22.6. The van der Waals surface area contributed by atoms with Gasteiger partial charge in [0.05, 0.1) is 22.7 Å². The van der Waals surface area contributed by atoms with Crippen LogP contribution in [0.3, 0.4) is 0 Å². The molecule has 0 bridgehead atoms. The molecule has 0 atom stereocenters. The molecule has 0 aliphatic rings. The summed E-state index contributed by atoms with van der Waals surface area (Å²) in [5, 5.41) is 0. The Kier molecular flexibility index (Phi) is 42.2. The predicted octanol–water partition coefficient (Wildman–Crippen LogP) is 14.9. The average molecular weight is 737 g/mol. The standard InChI is InChI=1S/C13H12.C12H16N2.C11H14N2.2C2H5N.4C2H6/c1-3-7-12(8-4-1)11-13-9-5-2-6-10-13;1-7-8(2)12(14-6)10(4)9(3)11(7)13-5;1-7-6-8(2)11(13-5)9(3)10(7)12-4;2*1-3-2;4*1-2/h1-10H,11H2;5-6H2,1-4H3;6H,4-5H2,1-3H3;2*1H2,2H3;4*1-2H3. The largest absolute Gasteiger partial charge is 0.304 e. The molecule has 0 aliphatic heterocycles. The van der Waals surface area contributed by atoms with Gasteiger partial charge in [-0.3, -0.25) is 20.0 Å². The number of benzene rings is 4. The minimum absolute atomic E-state index is 0.924. The van der Waals surface area contributed by atoms with Crippen LogP contribution in [0.5, 0.6) is 0 Å². The van der Waals surface area contributed by atoms with Crippen molar-refractivity contribution in [3.05, 3.63) is 117 Å². The Morgan fingerprint density at radius 3 is 0.796 bits per heavy atom. The van der Waals surface area contributed by atoms with Gasteiger partial charge in [-0.15, -0.1) is 0 Å². The predicted molar refractivity (Wildman–Crippen MR) is 255 cm³/mol. The molecule has 0 aliphatic carbocycles. The molecule has 0 radical (unpaired) electrons. The quantitative estimate of drug-likeness (QED) is 0.177. The fourth-order valence-corrected chi connectivity index (χ4v) is 4.83. The second kappa shape index (κ2) is 39.1. The van der Waals surface area contributed by atoms with Gasteiger partial charge in [-0.2, -0.15) is 0 Å². The third-order valence-electron chi connectivity index (χ3n) is 7.16. The van der Waals surface area contributed by atoms with Crippen LogP contribution in [0.2, 0.25) is 0 Å². The third kappa shape index (κ3) is 22.1. The van der Waals surface area contributed by atoms with Crippen LogP contribution in [0.4, 0.5) is 22.7 Å². The number of hydrogen-bond donors (Lipinski definition) is 0. The zero-order valence-corrected chi connectivity index (χ0v) is 37.5. The lowest BCUT2D eigenvalue weighted by atomic mass is 9.96. The van der Waals surface area contributed by atoms with Gasteiger partial charge in [0.2, 0.25) is 0 Å². The van der Waals surface area contributed by atoms with Crippen LogP contribution in [0.1, 0.15) is 105 Å². The van der Waals surface area contributed by atoms with Gasteiger partial charge in [0.1, 0.15) is 0 Å². The average Bonchev–Trinajstić information content (AvgIpc) is 3.20. The third-order valence-corrected chi connectivity index (χ3v) is 7.16. The summed E-state index contributed by atoms with van der Waals surface area (Å²) in [6, 6.07) is 23.1. The van der Waals surface area contributed by atoms with E-state index in [4.69, 9.17) is 0 Å². The summed E-state index contributed by atoms with van der Waals surface area (Å²) in [6.07, 6.45) is 1.03. The normalized spacial score (nSPS) is 8.24. The molecule has 54 heavy (non-hydrogen) atoms. The zero-order valence-electron chi connectivity index (χ0n) is 37.5. The van der Waals surface area contributed by atoms with Gasteiger partial charge in [-0.25, -0.2) is 0 Å². The molecule has 0 aromatic heterocycles. The topological polar surface area (TPSA) is 74.2 Å². The van der Waals surface area contributed by atoms with E-state index >= 15 is 0 Å². The molecule has 0 fully saturated rings. The molecule has 6 nitrogen and oxygen atoms in total. The lowest BCUT2D eigenvalue weighted by Gasteiger charge is -2.14. The summed E-state index contributed by atoms with van der Waals surface area (Å²) in [5.41, 5.74) is 14.5. The smallest absolute Gasteiger partial charge is 0.0702 e. The van der Waals surface area contributed by atoms with Crippen LogP contribution in [0, 0.1) is 48.5 Å². The molecule has 4 rings (SSSR count). The van der Waals surface area contributed by atoms with E-state index in [0.717, 1.165) is 68.1 Å². The van der Waals surface area contributed by atoms with Crippen LogP contribution >= 0.6 is 0 Å². The SMILES string of the molecule is C=NC.C=NC.C=Nc1c(C)c(C)c(N=C)c(C)c1C.C=Nc1c(C)cc(C)c(N=C)c1C.CC.CC.CC.CC.c1ccc(Cc2ccccc2)cc1. The highest BCUT2D eigenvalue weighted by Crippen LogP contribution is 2.37. The molecule has 0 saturated heterocycles. The molecule has 4 aromatic rings. The lowest BCUT2D eigenvalue weighted by molar-refractivity contribution is 1.19. The van der Waals surface area contributed by atoms with Crippen molar-refractivity contribution in [1.29, 1.82) is 0 Å². The van der Waals surface area contributed by atoms with E-state index in [1.165, 1.54) is 11.1 Å². The second-order valence-corrected chi connectivity index (χ2v) is 10.4. The minimum atomic E-state index is 0.924. The minimum Gasteiger partial charge on any atom is -0.304 e. The van der Waals surface area contributed by atoms with E-state index < -0.39 is 0 Å². The van der Waals surface area contributed by atoms with E-state index in [1.54, 1.807) is 14.1 Å². The number of nitrogens with zero attached hydrogens (tertiary/aromatic N) is 6. The first kappa shape index (κ1) is 58.2. The molecular formula is C48H76N6. The first-order chi connectivity index (χ1) is 25.9. The summed E-state index contributed by atoms with van der Waals surface area (Å²) < 4.78 is 0. The highest BCUT2D eigenvalue weighted by atomic mass is 14.8. The van der Waals surface area contributed by atoms with Crippen molar-refractivity contribution in [2.75, 3.05) is 14.1 Å². The van der Waals surface area contributed by atoms with Crippen molar-refractivity contribution in [1.82, 2.24) is 0 Å². The fraction of sp³-hybridized carbons (Fsp3) is 0.375. The summed E-state index contributed by atoms with van der Waals surface area (Å²) in [7, 11) is 3.28. The Balaban J connectivity index is -0.000000190. The highest BCUT2D eigenvalue weighted by molar-refractivity contribution is 5.72. The number of aryl methyl sites for hydroxylation is 2. The fourth-order valence-electron chi connectivity index (χ4n) is 4.83. The number of aliphatic imine (C=N–C) groups is 6. The van der Waals surface area contributed by atoms with Gasteiger partial charge >= 0.3 is 0 Å². The lowest BCUT2D eigenvalue weighted by Crippen LogP contribution is -1.91. The van der Waals surface area contributed by atoms with Crippen LogP contribution < -0.4 is 0 Å². The second-order valence-electron chi connectivity index (χ2n) is 10.4. The van der Waals surface area contributed by atoms with Crippen molar-refractivity contribution in [2.45, 2.75) is 110 Å². The summed E-state index contributed by atoms with van der Waals surface area (Å²) >= 11 is 0. The van der Waals surface area contributed by atoms with Crippen LogP contribution in [-0.2, 0) is 6.42 Å². The van der Waals surface area contributed by atoms with Crippen molar-refractivity contribution >= 4 is 63.1 Å². The highest BCUT2D eigenvalue weighted by Gasteiger charge is 2.12. The van der Waals surface area contributed by atoms with Gasteiger partial charge in [0, 0.05) is 19.7 Å². The molecular weight excluding hydrogens is 661 g/mol. The molecule has 6 heteroatoms. The first-order valence-corrected chi connectivity index (χ1v) is 18.8. The van der Waals surface area contributed by atoms with Crippen molar-refractivity contribution in [2.24, 2.45) is 30.0 Å². The molecule has 0 unspecified atom stereocenters. The van der Waals surface area contributed by atoms with Crippen molar-refractivity contribution < 1.29 is 0 Å². The Bertz CT molecular complexity index is 1440. The Labute approximate surface area is 333 Å². The maximum atomic E-state index is 4.05. The van der Waals surface area contributed by atoms with Gasteiger partial charge in [-0.1, -0.05) is 122 Å². The van der Waals surface area contributed by atoms with E-state index in [0.29, 0.717) is 0 Å². The van der Waals surface area contributed by atoms with Crippen molar-refractivity contribution in [3.8, 4) is 0 Å². The van der Waals surface area contributed by atoms with Crippen LogP contribution in [0.15, 0.2) is 96.7 Å². The molecule has 298 valence electrons. The molecule has 0 heterocycles. The van der Waals surface area contributed by atoms with Crippen LogP contribution in [0.25, 0.3) is 0 Å². The maximum absolute atomic E-state index is 4.05. The summed E-state index contributed by atoms with van der Waals surface area (Å²) in [6.45, 7) is 50.7. The molecule has 0 saturated carbocycles. The zero-order chi connectivity index (χ0) is 43.2. The van der Waals surface area contributed by atoms with E-state index in [1.807, 2.05) is 104 Å². The monoisotopic (exact) mass is 737 g/mol. The van der Waals surface area contributed by atoms with Gasteiger partial charge in [0.15, 0.2) is 0 Å². The van der Waals surface area contributed by atoms with E-state index in [2.05, 4.69) is 137 Å². The van der Waals surface area contributed by atoms with Crippen molar-refractivity contribution in [3.63, 3.8) is 0 Å². The van der Waals surface area contributed by atoms with Crippen LogP contribution in [-0.4, -0.2) is 54.4 Å². The number of hydrogen-bond acceptors (Lipinski definition) is 6. The Morgan fingerprint density at radius 2 is 0.593 bits per heavy atom. The summed E-state index contributed by atoms with van der Waals surface area (Å²) in [5.74, 6) is 0. The molecule has 0 amide bonds. The molecule has 0 spiro atoms. The molecule has 0 N–H and O–H groups in total. The van der Waals surface area contributed by atoms with Gasteiger partial charge in [-0.05, 0) is 140 Å². The molecule has 4 aromatic carbocycles. The van der Waals surface area contributed by atoms with E-state index in [9.17, 15) is 0 Å². The Morgan fingerprint density at radius 1 is 0.370 bits per heavy atom.